The Morgan fingerprint density at radius 2 is 2.14 bits per heavy atom. The first-order valence-corrected chi connectivity index (χ1v) is 7.05. The van der Waals surface area contributed by atoms with Gasteiger partial charge in [-0.15, -0.1) is 0 Å². The molecule has 1 aliphatic carbocycles. The number of nitrogens with two attached hydrogens (primary N) is 1. The van der Waals surface area contributed by atoms with Crippen molar-refractivity contribution in [3.8, 4) is 0 Å². The third-order valence-electron chi connectivity index (χ3n) is 3.65. The third kappa shape index (κ3) is 4.20. The van der Waals surface area contributed by atoms with E-state index in [2.05, 4.69) is 5.32 Å². The van der Waals surface area contributed by atoms with E-state index in [0.717, 1.165) is 25.0 Å². The van der Waals surface area contributed by atoms with Gasteiger partial charge >= 0.3 is 6.18 Å². The molecule has 1 aliphatic rings. The SMILES string of the molecule is COCC(N)C(=O)NC(c1cccc(C(F)(F)F)c1)C1CC1. The molecule has 4 nitrogen and oxygen atoms in total. The zero-order chi connectivity index (χ0) is 16.3. The molecule has 1 saturated carbocycles. The second-order valence-corrected chi connectivity index (χ2v) is 5.51. The molecule has 0 aliphatic heterocycles. The molecule has 22 heavy (non-hydrogen) atoms. The van der Waals surface area contributed by atoms with Crippen LogP contribution in [0, 0.1) is 5.92 Å². The van der Waals surface area contributed by atoms with Crippen molar-refractivity contribution < 1.29 is 22.7 Å². The highest BCUT2D eigenvalue weighted by Crippen LogP contribution is 2.42. The summed E-state index contributed by atoms with van der Waals surface area (Å²) in [5.41, 5.74) is 5.39. The molecule has 2 rings (SSSR count). The molecule has 0 heterocycles. The summed E-state index contributed by atoms with van der Waals surface area (Å²) in [7, 11) is 1.43. The molecule has 1 amide bonds. The summed E-state index contributed by atoms with van der Waals surface area (Å²) in [5.74, 6) is -0.265. The zero-order valence-corrected chi connectivity index (χ0v) is 12.2. The van der Waals surface area contributed by atoms with Crippen LogP contribution in [-0.2, 0) is 15.7 Å². The predicted molar refractivity (Wildman–Crippen MR) is 74.9 cm³/mol. The molecular weight excluding hydrogens is 297 g/mol. The van der Waals surface area contributed by atoms with Crippen LogP contribution in [0.5, 0.6) is 0 Å². The second-order valence-electron chi connectivity index (χ2n) is 5.51. The molecule has 0 bridgehead atoms. The van der Waals surface area contributed by atoms with E-state index in [1.807, 2.05) is 0 Å². The van der Waals surface area contributed by atoms with Gasteiger partial charge in [0.05, 0.1) is 18.2 Å². The molecule has 2 atom stereocenters. The maximum Gasteiger partial charge on any atom is 0.416 e. The number of ether oxygens (including phenoxy) is 1. The van der Waals surface area contributed by atoms with E-state index in [4.69, 9.17) is 10.5 Å². The molecular formula is C15H19F3N2O2. The number of alkyl halides is 3. The highest BCUT2D eigenvalue weighted by atomic mass is 19.4. The Bertz CT molecular complexity index is 530. The molecule has 3 N–H and O–H groups in total. The number of amides is 1. The van der Waals surface area contributed by atoms with Crippen LogP contribution in [0.1, 0.15) is 30.0 Å². The van der Waals surface area contributed by atoms with Gasteiger partial charge in [-0.05, 0) is 36.5 Å². The van der Waals surface area contributed by atoms with Crippen molar-refractivity contribution in [1.82, 2.24) is 5.32 Å². The average Bonchev–Trinajstić information content (AvgIpc) is 3.28. The summed E-state index contributed by atoms with van der Waals surface area (Å²) in [6.07, 6.45) is -2.65. The molecule has 0 spiro atoms. The van der Waals surface area contributed by atoms with Crippen LogP contribution in [0.15, 0.2) is 24.3 Å². The predicted octanol–water partition coefficient (Wildman–Crippen LogP) is 2.25. The van der Waals surface area contributed by atoms with Gasteiger partial charge in [0.15, 0.2) is 0 Å². The molecule has 0 aromatic heterocycles. The summed E-state index contributed by atoms with van der Waals surface area (Å²) in [6.45, 7) is 0.0613. The van der Waals surface area contributed by atoms with E-state index in [0.29, 0.717) is 5.56 Å². The first-order valence-electron chi connectivity index (χ1n) is 7.05. The number of benzene rings is 1. The van der Waals surface area contributed by atoms with Crippen LogP contribution in [0.25, 0.3) is 0 Å². The third-order valence-corrected chi connectivity index (χ3v) is 3.65. The smallest absolute Gasteiger partial charge is 0.383 e. The maximum absolute atomic E-state index is 12.8. The fourth-order valence-electron chi connectivity index (χ4n) is 2.33. The van der Waals surface area contributed by atoms with Gasteiger partial charge in [-0.25, -0.2) is 0 Å². The van der Waals surface area contributed by atoms with Crippen LogP contribution < -0.4 is 11.1 Å². The van der Waals surface area contributed by atoms with Gasteiger partial charge in [-0.1, -0.05) is 12.1 Å². The Kier molecular flexibility index (Phi) is 5.08. The lowest BCUT2D eigenvalue weighted by atomic mass is 9.99. The lowest BCUT2D eigenvalue weighted by Gasteiger charge is -2.22. The number of carbonyl (C=O) groups is 1. The van der Waals surface area contributed by atoms with Crippen LogP contribution in [0.3, 0.4) is 0 Å². The van der Waals surface area contributed by atoms with Crippen molar-refractivity contribution in [2.24, 2.45) is 11.7 Å². The molecule has 2 unspecified atom stereocenters. The van der Waals surface area contributed by atoms with Crippen molar-refractivity contribution in [1.29, 1.82) is 0 Å². The zero-order valence-electron chi connectivity index (χ0n) is 12.2. The van der Waals surface area contributed by atoms with Crippen LogP contribution in [-0.4, -0.2) is 25.7 Å². The Balaban J connectivity index is 2.17. The summed E-state index contributed by atoms with van der Waals surface area (Å²) in [4.78, 5) is 12.0. The fraction of sp³-hybridized carbons (Fsp3) is 0.533. The number of carbonyl (C=O) groups excluding carboxylic acids is 1. The van der Waals surface area contributed by atoms with E-state index in [1.54, 1.807) is 6.07 Å². The highest BCUT2D eigenvalue weighted by Gasteiger charge is 2.36. The van der Waals surface area contributed by atoms with Gasteiger partial charge in [0.2, 0.25) is 5.91 Å². The number of rotatable bonds is 6. The second kappa shape index (κ2) is 6.66. The minimum Gasteiger partial charge on any atom is -0.383 e. The number of hydrogen-bond acceptors (Lipinski definition) is 3. The van der Waals surface area contributed by atoms with Gasteiger partial charge in [-0.2, -0.15) is 13.2 Å². The summed E-state index contributed by atoms with van der Waals surface area (Å²) < 4.78 is 43.3. The van der Waals surface area contributed by atoms with Crippen molar-refractivity contribution in [3.05, 3.63) is 35.4 Å². The minimum absolute atomic E-state index is 0.0613. The number of halogens is 3. The molecule has 1 fully saturated rings. The van der Waals surface area contributed by atoms with Crippen molar-refractivity contribution in [3.63, 3.8) is 0 Å². The normalized spacial score (nSPS) is 17.9. The number of nitrogens with one attached hydrogen (secondary N) is 1. The molecule has 122 valence electrons. The lowest BCUT2D eigenvalue weighted by molar-refractivity contribution is -0.137. The van der Waals surface area contributed by atoms with Crippen molar-refractivity contribution >= 4 is 5.91 Å². The highest BCUT2D eigenvalue weighted by molar-refractivity contribution is 5.82. The summed E-state index contributed by atoms with van der Waals surface area (Å²) >= 11 is 0. The Labute approximate surface area is 126 Å². The molecule has 0 radical (unpaired) electrons. The molecule has 7 heteroatoms. The van der Waals surface area contributed by atoms with E-state index in [-0.39, 0.29) is 12.5 Å². The average molecular weight is 316 g/mol. The van der Waals surface area contributed by atoms with Crippen molar-refractivity contribution in [2.45, 2.75) is 31.1 Å². The monoisotopic (exact) mass is 316 g/mol. The van der Waals surface area contributed by atoms with E-state index < -0.39 is 29.7 Å². The number of hydrogen-bond donors (Lipinski definition) is 2. The fourth-order valence-corrected chi connectivity index (χ4v) is 2.33. The molecule has 0 saturated heterocycles. The van der Waals surface area contributed by atoms with E-state index in [1.165, 1.54) is 13.2 Å². The minimum atomic E-state index is -4.40. The van der Waals surface area contributed by atoms with Crippen molar-refractivity contribution in [2.75, 3.05) is 13.7 Å². The Morgan fingerprint density at radius 3 is 2.68 bits per heavy atom. The van der Waals surface area contributed by atoms with Crippen LogP contribution in [0.2, 0.25) is 0 Å². The Morgan fingerprint density at radius 1 is 1.45 bits per heavy atom. The van der Waals surface area contributed by atoms with E-state index in [9.17, 15) is 18.0 Å². The van der Waals surface area contributed by atoms with Gasteiger partial charge in [0.1, 0.15) is 6.04 Å². The topological polar surface area (TPSA) is 64.3 Å². The first-order chi connectivity index (χ1) is 10.3. The quantitative estimate of drug-likeness (QED) is 0.846. The largest absolute Gasteiger partial charge is 0.416 e. The number of methoxy groups -OCH3 is 1. The molecule has 1 aromatic carbocycles. The summed E-state index contributed by atoms with van der Waals surface area (Å²) in [5, 5.41) is 2.75. The molecule has 1 aromatic rings. The standard InChI is InChI=1S/C15H19F3N2O2/c1-22-8-12(19)14(21)20-13(9-5-6-9)10-3-2-4-11(7-10)15(16,17)18/h2-4,7,9,12-13H,5-6,8,19H2,1H3,(H,20,21). The van der Waals surface area contributed by atoms with Crippen LogP contribution >= 0.6 is 0 Å². The lowest BCUT2D eigenvalue weighted by Crippen LogP contribution is -2.45. The maximum atomic E-state index is 12.8. The Hall–Kier alpha value is -1.60. The van der Waals surface area contributed by atoms with Gasteiger partial charge < -0.3 is 15.8 Å². The van der Waals surface area contributed by atoms with Gasteiger partial charge in [0.25, 0.3) is 0 Å². The summed E-state index contributed by atoms with van der Waals surface area (Å²) in [6, 6.07) is 3.78. The van der Waals surface area contributed by atoms with E-state index >= 15 is 0 Å². The first kappa shape index (κ1) is 16.8. The van der Waals surface area contributed by atoms with Gasteiger partial charge in [-0.3, -0.25) is 4.79 Å². The van der Waals surface area contributed by atoms with Crippen LogP contribution in [0.4, 0.5) is 13.2 Å². The van der Waals surface area contributed by atoms with Gasteiger partial charge in [0, 0.05) is 7.11 Å².